The first-order chi connectivity index (χ1) is 13.8. The van der Waals surface area contributed by atoms with E-state index in [1.54, 1.807) is 5.56 Å². The summed E-state index contributed by atoms with van der Waals surface area (Å²) in [6.07, 6.45) is 20.2. The molecule has 2 aliphatic carbocycles. The zero-order valence-electron chi connectivity index (χ0n) is 18.0. The third-order valence-electron chi connectivity index (χ3n) is 7.14. The average Bonchev–Trinajstić information content (AvgIpc) is 2.75. The summed E-state index contributed by atoms with van der Waals surface area (Å²) in [5, 5.41) is 0. The maximum absolute atomic E-state index is 5.76. The molecule has 154 valence electrons. The van der Waals surface area contributed by atoms with E-state index in [9.17, 15) is 0 Å². The predicted octanol–water partition coefficient (Wildman–Crippen LogP) is 7.83. The molecule has 0 unspecified atom stereocenters. The maximum Gasteiger partial charge on any atom is 0.0716 e. The van der Waals surface area contributed by atoms with E-state index in [1.165, 1.54) is 56.9 Å². The van der Waals surface area contributed by atoms with Crippen molar-refractivity contribution in [2.24, 2.45) is 17.8 Å². The Hall–Kier alpha value is -1.34. The maximum atomic E-state index is 5.76. The predicted molar refractivity (Wildman–Crippen MR) is 120 cm³/mol. The molecule has 0 aliphatic heterocycles. The summed E-state index contributed by atoms with van der Waals surface area (Å²) in [5.41, 5.74) is 2.85. The van der Waals surface area contributed by atoms with Crippen LogP contribution in [-0.2, 0) is 11.3 Å². The van der Waals surface area contributed by atoms with Crippen molar-refractivity contribution in [1.29, 1.82) is 0 Å². The van der Waals surface area contributed by atoms with Crippen molar-refractivity contribution in [1.82, 2.24) is 0 Å². The topological polar surface area (TPSA) is 9.23 Å². The van der Waals surface area contributed by atoms with E-state index in [4.69, 9.17) is 4.74 Å². The number of benzene rings is 1. The van der Waals surface area contributed by atoms with Crippen molar-refractivity contribution in [2.45, 2.75) is 83.7 Å². The van der Waals surface area contributed by atoms with Gasteiger partial charge in [-0.15, -0.1) is 6.58 Å². The minimum atomic E-state index is 0.736. The van der Waals surface area contributed by atoms with Gasteiger partial charge in [-0.05, 0) is 106 Å². The molecule has 3 rings (SSSR count). The van der Waals surface area contributed by atoms with Crippen LogP contribution in [0.5, 0.6) is 0 Å². The van der Waals surface area contributed by atoms with Gasteiger partial charge in [-0.25, -0.2) is 0 Å². The molecule has 1 aromatic rings. The van der Waals surface area contributed by atoms with Crippen LogP contribution in [0.25, 0.3) is 0 Å². The number of unbranched alkanes of at least 4 members (excludes halogenated alkanes) is 1. The van der Waals surface area contributed by atoms with Crippen LogP contribution in [-0.4, -0.2) is 6.61 Å². The van der Waals surface area contributed by atoms with Crippen molar-refractivity contribution in [2.75, 3.05) is 6.61 Å². The van der Waals surface area contributed by atoms with E-state index in [2.05, 4.69) is 49.9 Å². The number of rotatable bonds is 9. The second kappa shape index (κ2) is 11.6. The molecule has 1 heteroatoms. The van der Waals surface area contributed by atoms with Crippen LogP contribution in [0.3, 0.4) is 0 Å². The molecule has 0 N–H and O–H groups in total. The number of hydrogen-bond acceptors (Lipinski definition) is 1. The lowest BCUT2D eigenvalue weighted by Crippen LogP contribution is -2.25. The zero-order chi connectivity index (χ0) is 19.6. The van der Waals surface area contributed by atoms with E-state index in [1.807, 2.05) is 6.08 Å². The van der Waals surface area contributed by atoms with Crippen molar-refractivity contribution in [3.8, 4) is 0 Å². The number of hydrogen-bond donors (Lipinski definition) is 0. The molecule has 2 fully saturated rings. The quantitative estimate of drug-likeness (QED) is 0.313. The fourth-order valence-corrected chi connectivity index (χ4v) is 5.41. The molecule has 0 bridgehead atoms. The van der Waals surface area contributed by atoms with Crippen molar-refractivity contribution in [3.63, 3.8) is 0 Å². The van der Waals surface area contributed by atoms with Gasteiger partial charge in [-0.1, -0.05) is 42.5 Å². The van der Waals surface area contributed by atoms with E-state index >= 15 is 0 Å². The van der Waals surface area contributed by atoms with Crippen LogP contribution < -0.4 is 0 Å². The Morgan fingerprint density at radius 2 is 1.57 bits per heavy atom. The normalized spacial score (nSPS) is 28.5. The molecule has 1 aromatic carbocycles. The molecule has 2 saturated carbocycles. The molecule has 0 aromatic heterocycles. The minimum Gasteiger partial charge on any atom is -0.377 e. The second-order valence-corrected chi connectivity index (χ2v) is 9.04. The third kappa shape index (κ3) is 6.34. The summed E-state index contributed by atoms with van der Waals surface area (Å²) in [7, 11) is 0. The Bertz CT molecular complexity index is 583. The van der Waals surface area contributed by atoms with Crippen molar-refractivity contribution >= 4 is 0 Å². The van der Waals surface area contributed by atoms with Crippen LogP contribution in [0.4, 0.5) is 0 Å². The van der Waals surface area contributed by atoms with Crippen LogP contribution in [0, 0.1) is 17.8 Å². The first kappa shape index (κ1) is 21.4. The van der Waals surface area contributed by atoms with Gasteiger partial charge in [-0.2, -0.15) is 0 Å². The molecular weight excluding hydrogens is 340 g/mol. The van der Waals surface area contributed by atoms with Crippen LogP contribution in [0.2, 0.25) is 0 Å². The molecule has 28 heavy (non-hydrogen) atoms. The van der Waals surface area contributed by atoms with Gasteiger partial charge in [-0.3, -0.25) is 0 Å². The van der Waals surface area contributed by atoms with E-state index in [0.29, 0.717) is 0 Å². The Morgan fingerprint density at radius 3 is 2.18 bits per heavy atom. The first-order valence-electron chi connectivity index (χ1n) is 11.7. The van der Waals surface area contributed by atoms with Gasteiger partial charge in [0.1, 0.15) is 0 Å². The molecule has 0 atom stereocenters. The lowest BCUT2D eigenvalue weighted by Gasteiger charge is -2.37. The van der Waals surface area contributed by atoms with E-state index in [0.717, 1.165) is 49.7 Å². The molecular formula is C27H40O. The summed E-state index contributed by atoms with van der Waals surface area (Å²) in [5.74, 6) is 3.63. The zero-order valence-corrected chi connectivity index (χ0v) is 18.0. The van der Waals surface area contributed by atoms with Crippen LogP contribution in [0.1, 0.15) is 88.2 Å². The van der Waals surface area contributed by atoms with Crippen molar-refractivity contribution in [3.05, 3.63) is 60.2 Å². The highest BCUT2D eigenvalue weighted by Gasteiger charge is 2.30. The highest BCUT2D eigenvalue weighted by molar-refractivity contribution is 5.25. The standard InChI is InChI=1S/C27H40O/c1-3-5-6-20-28-21-23-10-14-25(15-11-23)27-18-16-26(17-19-27)24-12-8-22(7-4-2)9-13-24/h3-4,7,10-11,14-15,22,24,26-27H,1,5-6,8-9,12-13,16-21H2,2H3/b7-4-/t22-,24-,26?,27?. The highest BCUT2D eigenvalue weighted by atomic mass is 16.5. The number of allylic oxidation sites excluding steroid dienone is 3. The summed E-state index contributed by atoms with van der Waals surface area (Å²) >= 11 is 0. The minimum absolute atomic E-state index is 0.736. The molecule has 0 amide bonds. The smallest absolute Gasteiger partial charge is 0.0716 e. The molecule has 0 saturated heterocycles. The molecule has 1 nitrogen and oxygen atoms in total. The highest BCUT2D eigenvalue weighted by Crippen LogP contribution is 2.44. The summed E-state index contributed by atoms with van der Waals surface area (Å²) < 4.78 is 5.76. The first-order valence-corrected chi connectivity index (χ1v) is 11.7. The van der Waals surface area contributed by atoms with Crippen LogP contribution in [0.15, 0.2) is 49.1 Å². The lowest BCUT2D eigenvalue weighted by molar-refractivity contribution is 0.119. The third-order valence-corrected chi connectivity index (χ3v) is 7.14. The fourth-order valence-electron chi connectivity index (χ4n) is 5.41. The summed E-state index contributed by atoms with van der Waals surface area (Å²) in [6.45, 7) is 7.48. The summed E-state index contributed by atoms with van der Waals surface area (Å²) in [6, 6.07) is 9.26. The van der Waals surface area contributed by atoms with Gasteiger partial charge in [0, 0.05) is 6.61 Å². The fraction of sp³-hybridized carbons (Fsp3) is 0.630. The molecule has 0 heterocycles. The Kier molecular flexibility index (Phi) is 8.86. The Labute approximate surface area is 173 Å². The van der Waals surface area contributed by atoms with Crippen molar-refractivity contribution < 1.29 is 4.74 Å². The van der Waals surface area contributed by atoms with Crippen LogP contribution >= 0.6 is 0 Å². The SMILES string of the molecule is C=CCCCOCc1ccc(C2CCC([C@H]3CC[C@H](/C=C\C)CC3)CC2)cc1. The van der Waals surface area contributed by atoms with Gasteiger partial charge in [0.15, 0.2) is 0 Å². The lowest BCUT2D eigenvalue weighted by atomic mass is 9.68. The van der Waals surface area contributed by atoms with Gasteiger partial charge in [0.05, 0.1) is 6.61 Å². The van der Waals surface area contributed by atoms with E-state index in [-0.39, 0.29) is 0 Å². The molecule has 0 spiro atoms. The second-order valence-electron chi connectivity index (χ2n) is 9.04. The molecule has 2 aliphatic rings. The van der Waals surface area contributed by atoms with Gasteiger partial charge < -0.3 is 4.74 Å². The van der Waals surface area contributed by atoms with E-state index < -0.39 is 0 Å². The Morgan fingerprint density at radius 1 is 0.929 bits per heavy atom. The van der Waals surface area contributed by atoms with Gasteiger partial charge in [0.25, 0.3) is 0 Å². The average molecular weight is 381 g/mol. The number of ether oxygens (including phenoxy) is 1. The Balaban J connectivity index is 1.39. The van der Waals surface area contributed by atoms with Gasteiger partial charge >= 0.3 is 0 Å². The largest absolute Gasteiger partial charge is 0.377 e. The van der Waals surface area contributed by atoms with Gasteiger partial charge in [0.2, 0.25) is 0 Å². The monoisotopic (exact) mass is 380 g/mol. The summed E-state index contributed by atoms with van der Waals surface area (Å²) in [4.78, 5) is 0. The molecule has 0 radical (unpaired) electrons.